The molecule has 1 aliphatic heterocycles. The van der Waals surface area contributed by atoms with Crippen molar-refractivity contribution in [3.05, 3.63) is 39.9 Å². The first kappa shape index (κ1) is 13.0. The number of ether oxygens (including phenoxy) is 1. The molecule has 1 saturated heterocycles. The summed E-state index contributed by atoms with van der Waals surface area (Å²) < 4.78 is 7.59. The van der Waals surface area contributed by atoms with Crippen LogP contribution in [-0.4, -0.2) is 47.1 Å². The minimum absolute atomic E-state index is 0.126. The fourth-order valence-corrected chi connectivity index (χ4v) is 2.73. The molecular weight excluding hydrogens is 252 g/mol. The van der Waals surface area contributed by atoms with Gasteiger partial charge in [0.05, 0.1) is 10.5 Å². The summed E-state index contributed by atoms with van der Waals surface area (Å²) >= 11 is 1.66. The van der Waals surface area contributed by atoms with Crippen LogP contribution in [0.4, 0.5) is 5.69 Å². The van der Waals surface area contributed by atoms with Gasteiger partial charge in [0, 0.05) is 12.1 Å². The third kappa shape index (κ3) is 2.88. The number of non-ortho nitro benzene ring substituents is 1. The second kappa shape index (κ2) is 5.97. The second-order valence-corrected chi connectivity index (χ2v) is 4.71. The van der Waals surface area contributed by atoms with Crippen molar-refractivity contribution in [2.75, 3.05) is 32.6 Å². The molecule has 2 rings (SSSR count). The van der Waals surface area contributed by atoms with E-state index < -0.39 is 0 Å². The van der Waals surface area contributed by atoms with Gasteiger partial charge in [0.25, 0.3) is 5.69 Å². The molecule has 0 spiro atoms. The number of rotatable bonds is 2. The lowest BCUT2D eigenvalue weighted by atomic mass is 10.2. The molecule has 96 valence electrons. The summed E-state index contributed by atoms with van der Waals surface area (Å²) in [5, 5.41) is 11.8. The Kier molecular flexibility index (Phi) is 4.33. The molecule has 18 heavy (non-hydrogen) atoms. The van der Waals surface area contributed by atoms with E-state index in [1.165, 1.54) is 0 Å². The molecule has 0 saturated carbocycles. The summed E-state index contributed by atoms with van der Waals surface area (Å²) in [5.74, 6) is 0. The molecule has 0 radical (unpaired) electrons. The number of morpholine rings is 1. The standard InChI is InChI=1S/C12H15N2O3S/c1-18-12(13-6-8-17-9-7-13)10-2-4-11(5-3-10)14(15)16/h2-5H,6-9H2,1H3/q+1. The summed E-state index contributed by atoms with van der Waals surface area (Å²) in [6.07, 6.45) is 2.02. The van der Waals surface area contributed by atoms with Crippen molar-refractivity contribution in [2.45, 2.75) is 0 Å². The molecule has 0 atom stereocenters. The number of nitro benzene ring substituents is 1. The molecule has 1 aromatic rings. The zero-order valence-corrected chi connectivity index (χ0v) is 11.0. The Morgan fingerprint density at radius 2 is 1.94 bits per heavy atom. The summed E-state index contributed by atoms with van der Waals surface area (Å²) in [6.45, 7) is 3.20. The summed E-state index contributed by atoms with van der Waals surface area (Å²) in [6, 6.07) is 6.71. The van der Waals surface area contributed by atoms with Crippen molar-refractivity contribution in [3.8, 4) is 0 Å². The van der Waals surface area contributed by atoms with Gasteiger partial charge in [0.15, 0.2) is 13.1 Å². The highest BCUT2D eigenvalue weighted by atomic mass is 32.2. The van der Waals surface area contributed by atoms with E-state index >= 15 is 0 Å². The van der Waals surface area contributed by atoms with Crippen molar-refractivity contribution < 1.29 is 14.2 Å². The molecule has 6 heteroatoms. The highest BCUT2D eigenvalue weighted by Crippen LogP contribution is 2.17. The number of hydrogen-bond acceptors (Lipinski definition) is 4. The SMILES string of the molecule is CSC(c1ccc([N+](=O)[O-])cc1)=[N+]1CCOCC1. The first-order valence-corrected chi connectivity index (χ1v) is 6.93. The minimum Gasteiger partial charge on any atom is -0.368 e. The van der Waals surface area contributed by atoms with E-state index in [0.29, 0.717) is 0 Å². The third-order valence-electron chi connectivity index (χ3n) is 2.82. The Hall–Kier alpha value is -1.40. The van der Waals surface area contributed by atoms with E-state index in [9.17, 15) is 10.1 Å². The molecule has 0 unspecified atom stereocenters. The van der Waals surface area contributed by atoms with Crippen LogP contribution in [0.25, 0.3) is 0 Å². The number of nitrogens with zero attached hydrogens (tertiary/aromatic N) is 2. The van der Waals surface area contributed by atoms with Crippen LogP contribution in [0.15, 0.2) is 24.3 Å². The van der Waals surface area contributed by atoms with Gasteiger partial charge in [0.2, 0.25) is 5.04 Å². The Balaban J connectivity index is 2.29. The van der Waals surface area contributed by atoms with Gasteiger partial charge in [-0.25, -0.2) is 4.58 Å². The normalized spacial score (nSPS) is 15.5. The monoisotopic (exact) mass is 267 g/mol. The van der Waals surface area contributed by atoms with E-state index in [1.54, 1.807) is 36.0 Å². The van der Waals surface area contributed by atoms with Crippen LogP contribution in [0.1, 0.15) is 5.56 Å². The number of benzene rings is 1. The van der Waals surface area contributed by atoms with E-state index in [-0.39, 0.29) is 10.6 Å². The molecule has 0 N–H and O–H groups in total. The van der Waals surface area contributed by atoms with Gasteiger partial charge >= 0.3 is 0 Å². The predicted octanol–water partition coefficient (Wildman–Crippen LogP) is 1.75. The van der Waals surface area contributed by atoms with Crippen LogP contribution >= 0.6 is 11.8 Å². The Morgan fingerprint density at radius 1 is 1.33 bits per heavy atom. The maximum Gasteiger partial charge on any atom is 0.269 e. The van der Waals surface area contributed by atoms with Crippen molar-refractivity contribution in [3.63, 3.8) is 0 Å². The van der Waals surface area contributed by atoms with Crippen LogP contribution in [0.5, 0.6) is 0 Å². The van der Waals surface area contributed by atoms with Crippen molar-refractivity contribution in [1.82, 2.24) is 0 Å². The minimum atomic E-state index is -0.378. The van der Waals surface area contributed by atoms with Crippen LogP contribution in [0, 0.1) is 10.1 Å². The smallest absolute Gasteiger partial charge is 0.269 e. The Labute approximate surface area is 110 Å². The van der Waals surface area contributed by atoms with Gasteiger partial charge in [-0.15, -0.1) is 0 Å². The summed E-state index contributed by atoms with van der Waals surface area (Å²) in [4.78, 5) is 10.2. The topological polar surface area (TPSA) is 55.4 Å². The lowest BCUT2D eigenvalue weighted by Gasteiger charge is -2.13. The lowest BCUT2D eigenvalue weighted by Crippen LogP contribution is -2.32. The second-order valence-electron chi connectivity index (χ2n) is 3.91. The quantitative estimate of drug-likeness (QED) is 0.354. The van der Waals surface area contributed by atoms with Crippen LogP contribution in [-0.2, 0) is 4.74 Å². The predicted molar refractivity (Wildman–Crippen MR) is 71.5 cm³/mol. The number of nitro groups is 1. The highest BCUT2D eigenvalue weighted by molar-refractivity contribution is 8.13. The van der Waals surface area contributed by atoms with Crippen LogP contribution < -0.4 is 0 Å². The highest BCUT2D eigenvalue weighted by Gasteiger charge is 2.20. The van der Waals surface area contributed by atoms with Crippen LogP contribution in [0.2, 0.25) is 0 Å². The Bertz CT molecular complexity index is 463. The molecular formula is C12H15N2O3S+. The van der Waals surface area contributed by atoms with E-state index in [2.05, 4.69) is 4.58 Å². The summed E-state index contributed by atoms with van der Waals surface area (Å²) in [7, 11) is 0. The van der Waals surface area contributed by atoms with Crippen molar-refractivity contribution in [1.29, 1.82) is 0 Å². The maximum atomic E-state index is 10.6. The molecule has 0 aromatic heterocycles. The van der Waals surface area contributed by atoms with Gasteiger partial charge in [-0.3, -0.25) is 10.1 Å². The first-order chi connectivity index (χ1) is 8.72. The molecule has 5 nitrogen and oxygen atoms in total. The Morgan fingerprint density at radius 3 is 2.44 bits per heavy atom. The zero-order chi connectivity index (χ0) is 13.0. The van der Waals surface area contributed by atoms with Crippen LogP contribution in [0.3, 0.4) is 0 Å². The van der Waals surface area contributed by atoms with E-state index in [0.717, 1.165) is 36.9 Å². The van der Waals surface area contributed by atoms with Gasteiger partial charge < -0.3 is 4.74 Å². The average Bonchev–Trinajstić information content (AvgIpc) is 2.41. The van der Waals surface area contributed by atoms with E-state index in [4.69, 9.17) is 4.74 Å². The molecule has 1 fully saturated rings. The molecule has 1 heterocycles. The maximum absolute atomic E-state index is 10.6. The largest absolute Gasteiger partial charge is 0.368 e. The van der Waals surface area contributed by atoms with Crippen molar-refractivity contribution in [2.24, 2.45) is 0 Å². The number of hydrogen-bond donors (Lipinski definition) is 0. The van der Waals surface area contributed by atoms with Gasteiger partial charge in [-0.2, -0.15) is 0 Å². The first-order valence-electron chi connectivity index (χ1n) is 5.71. The zero-order valence-electron chi connectivity index (χ0n) is 10.2. The third-order valence-corrected chi connectivity index (χ3v) is 3.70. The molecule has 0 amide bonds. The summed E-state index contributed by atoms with van der Waals surface area (Å²) in [5.41, 5.74) is 1.15. The van der Waals surface area contributed by atoms with E-state index in [1.807, 2.05) is 6.26 Å². The molecule has 1 aromatic carbocycles. The number of thioether (sulfide) groups is 1. The van der Waals surface area contributed by atoms with Gasteiger partial charge in [0.1, 0.15) is 13.2 Å². The van der Waals surface area contributed by atoms with Gasteiger partial charge in [-0.05, 0) is 18.4 Å². The lowest BCUT2D eigenvalue weighted by molar-refractivity contribution is -0.546. The fraction of sp³-hybridized carbons (Fsp3) is 0.417. The van der Waals surface area contributed by atoms with Gasteiger partial charge in [-0.1, -0.05) is 11.8 Å². The fourth-order valence-electron chi connectivity index (χ4n) is 1.92. The molecule has 0 aliphatic carbocycles. The molecule has 1 aliphatic rings. The van der Waals surface area contributed by atoms with Crippen molar-refractivity contribution >= 4 is 22.5 Å². The molecule has 0 bridgehead atoms. The average molecular weight is 267 g/mol.